The Morgan fingerprint density at radius 1 is 0.630 bits per heavy atom. The molecular formula is C25H26BrP. The van der Waals surface area contributed by atoms with Crippen LogP contribution in [0.25, 0.3) is 0 Å². The molecule has 0 radical (unpaired) electrons. The first kappa shape index (κ1) is 21.4. The highest BCUT2D eigenvalue weighted by Gasteiger charge is 2.44. The first-order valence-electron chi connectivity index (χ1n) is 9.07. The van der Waals surface area contributed by atoms with Gasteiger partial charge in [-0.15, -0.1) is 0 Å². The van der Waals surface area contributed by atoms with Crippen LogP contribution in [0, 0.1) is 17.3 Å². The lowest BCUT2D eigenvalue weighted by atomic mass is 9.98. The molecule has 0 atom stereocenters. The van der Waals surface area contributed by atoms with Crippen molar-refractivity contribution in [3.8, 4) is 11.8 Å². The van der Waals surface area contributed by atoms with Gasteiger partial charge >= 0.3 is 0 Å². The molecule has 0 nitrogen and oxygen atoms in total. The standard InChI is InChI=1S/C25H26P.BrH/c1-25(2,3)20-13-21-26(22-14-7-4-8-15-22,23-16-9-5-10-17-23)24-18-11-6-12-19-24;/h4-12,14-19H,21H2,1-3H3;1H/q+1;/p-1. The summed E-state index contributed by atoms with van der Waals surface area (Å²) in [6.45, 7) is 6.52. The quantitative estimate of drug-likeness (QED) is 0.433. The van der Waals surface area contributed by atoms with Crippen LogP contribution >= 0.6 is 7.26 Å². The zero-order valence-corrected chi connectivity index (χ0v) is 18.7. The van der Waals surface area contributed by atoms with Gasteiger partial charge in [0.2, 0.25) is 0 Å². The van der Waals surface area contributed by atoms with Crippen molar-refractivity contribution in [3.63, 3.8) is 0 Å². The van der Waals surface area contributed by atoms with Gasteiger partial charge in [-0.3, -0.25) is 0 Å². The van der Waals surface area contributed by atoms with Gasteiger partial charge in [0.05, 0.1) is 0 Å². The summed E-state index contributed by atoms with van der Waals surface area (Å²) in [4.78, 5) is 0. The summed E-state index contributed by atoms with van der Waals surface area (Å²) in [6.07, 6.45) is 0.863. The number of hydrogen-bond donors (Lipinski definition) is 0. The molecule has 3 aromatic carbocycles. The van der Waals surface area contributed by atoms with E-state index in [1.54, 1.807) is 0 Å². The highest BCUT2D eigenvalue weighted by atomic mass is 79.9. The van der Waals surface area contributed by atoms with Crippen LogP contribution in [0.2, 0.25) is 0 Å². The molecule has 3 aromatic rings. The van der Waals surface area contributed by atoms with Crippen molar-refractivity contribution < 1.29 is 17.0 Å². The van der Waals surface area contributed by atoms with Crippen LogP contribution in [0.5, 0.6) is 0 Å². The molecule has 0 aliphatic carbocycles. The maximum atomic E-state index is 3.56. The van der Waals surface area contributed by atoms with Gasteiger partial charge in [0.25, 0.3) is 0 Å². The summed E-state index contributed by atoms with van der Waals surface area (Å²) in [7, 11) is -1.81. The highest BCUT2D eigenvalue weighted by Crippen LogP contribution is 2.54. The van der Waals surface area contributed by atoms with Gasteiger partial charge in [-0.2, -0.15) is 0 Å². The SMILES string of the molecule is CC(C)(C)C#CC[P+](c1ccccc1)(c1ccccc1)c1ccccc1.[Br-]. The second-order valence-corrected chi connectivity index (χ2v) is 11.0. The molecule has 0 saturated heterocycles. The molecule has 0 bridgehead atoms. The van der Waals surface area contributed by atoms with Crippen molar-refractivity contribution in [3.05, 3.63) is 91.0 Å². The fourth-order valence-electron chi connectivity index (χ4n) is 3.19. The Hall–Kier alpha value is -1.87. The molecule has 27 heavy (non-hydrogen) atoms. The van der Waals surface area contributed by atoms with Crippen molar-refractivity contribution in [2.45, 2.75) is 20.8 Å². The lowest BCUT2D eigenvalue weighted by Gasteiger charge is -2.25. The van der Waals surface area contributed by atoms with Crippen molar-refractivity contribution in [1.29, 1.82) is 0 Å². The van der Waals surface area contributed by atoms with E-state index in [0.29, 0.717) is 0 Å². The Morgan fingerprint density at radius 2 is 0.963 bits per heavy atom. The molecule has 2 heteroatoms. The van der Waals surface area contributed by atoms with Crippen LogP contribution in [0.1, 0.15) is 20.8 Å². The smallest absolute Gasteiger partial charge is 0.133 e. The zero-order valence-electron chi connectivity index (χ0n) is 16.2. The molecule has 0 saturated carbocycles. The largest absolute Gasteiger partial charge is 1.00 e. The minimum atomic E-state index is -1.81. The Labute approximate surface area is 175 Å². The molecule has 3 rings (SSSR count). The summed E-state index contributed by atoms with van der Waals surface area (Å²) in [6, 6.07) is 32.8. The van der Waals surface area contributed by atoms with E-state index >= 15 is 0 Å². The Balaban J connectivity index is 0.00000261. The second-order valence-electron chi connectivity index (χ2n) is 7.53. The van der Waals surface area contributed by atoms with E-state index in [2.05, 4.69) is 124 Å². The van der Waals surface area contributed by atoms with Crippen molar-refractivity contribution >= 4 is 23.2 Å². The molecule has 0 aliphatic heterocycles. The van der Waals surface area contributed by atoms with Crippen LogP contribution in [0.4, 0.5) is 0 Å². The number of hydrogen-bond acceptors (Lipinski definition) is 0. The monoisotopic (exact) mass is 436 g/mol. The fourth-order valence-corrected chi connectivity index (χ4v) is 6.99. The predicted octanol–water partition coefficient (Wildman–Crippen LogP) is 2.03. The summed E-state index contributed by atoms with van der Waals surface area (Å²) in [5.74, 6) is 7.03. The van der Waals surface area contributed by atoms with Gasteiger partial charge in [0, 0.05) is 5.41 Å². The molecule has 0 aromatic heterocycles. The van der Waals surface area contributed by atoms with Crippen molar-refractivity contribution in [2.75, 3.05) is 6.16 Å². The highest BCUT2D eigenvalue weighted by molar-refractivity contribution is 7.95. The molecular weight excluding hydrogens is 411 g/mol. The lowest BCUT2D eigenvalue weighted by molar-refractivity contribution is -0.00000560. The minimum absolute atomic E-state index is 0. The van der Waals surface area contributed by atoms with Gasteiger partial charge in [0.15, 0.2) is 0 Å². The molecule has 0 heterocycles. The minimum Gasteiger partial charge on any atom is -1.00 e. The number of rotatable bonds is 4. The molecule has 0 amide bonds. The maximum Gasteiger partial charge on any atom is 0.133 e. The van der Waals surface area contributed by atoms with Gasteiger partial charge in [-0.1, -0.05) is 66.4 Å². The average Bonchev–Trinajstić information content (AvgIpc) is 2.67. The molecule has 138 valence electrons. The second kappa shape index (κ2) is 9.36. The molecule has 0 unspecified atom stereocenters. The normalized spacial score (nSPS) is 11.1. The lowest BCUT2D eigenvalue weighted by Crippen LogP contribution is -3.00. The van der Waals surface area contributed by atoms with Gasteiger partial charge < -0.3 is 17.0 Å². The predicted molar refractivity (Wildman–Crippen MR) is 117 cm³/mol. The van der Waals surface area contributed by atoms with E-state index < -0.39 is 7.26 Å². The van der Waals surface area contributed by atoms with Crippen LogP contribution in [-0.2, 0) is 0 Å². The molecule has 0 N–H and O–H groups in total. The third-order valence-electron chi connectivity index (χ3n) is 4.37. The van der Waals surface area contributed by atoms with Crippen LogP contribution < -0.4 is 32.9 Å². The summed E-state index contributed by atoms with van der Waals surface area (Å²) in [5, 5.41) is 4.17. The zero-order chi connectivity index (χ0) is 18.5. The van der Waals surface area contributed by atoms with Gasteiger partial charge in [-0.05, 0) is 57.2 Å². The van der Waals surface area contributed by atoms with Crippen LogP contribution in [0.3, 0.4) is 0 Å². The number of halogens is 1. The molecule has 0 spiro atoms. The maximum absolute atomic E-state index is 3.56. The van der Waals surface area contributed by atoms with E-state index in [4.69, 9.17) is 0 Å². The fraction of sp³-hybridized carbons (Fsp3) is 0.200. The summed E-state index contributed by atoms with van der Waals surface area (Å²) in [5.41, 5.74) is 0.0136. The molecule has 0 fully saturated rings. The summed E-state index contributed by atoms with van der Waals surface area (Å²) >= 11 is 0. The van der Waals surface area contributed by atoms with Crippen molar-refractivity contribution in [2.24, 2.45) is 5.41 Å². The Morgan fingerprint density at radius 3 is 1.26 bits per heavy atom. The van der Waals surface area contributed by atoms with E-state index in [1.807, 2.05) is 0 Å². The van der Waals surface area contributed by atoms with Crippen LogP contribution in [-0.4, -0.2) is 6.16 Å². The Kier molecular flexibility index (Phi) is 7.43. The Bertz CT molecular complexity index is 788. The van der Waals surface area contributed by atoms with Crippen molar-refractivity contribution in [1.82, 2.24) is 0 Å². The molecule has 0 aliphatic rings. The topological polar surface area (TPSA) is 0 Å². The van der Waals surface area contributed by atoms with E-state index in [0.717, 1.165) is 6.16 Å². The first-order chi connectivity index (χ1) is 12.5. The first-order valence-corrected chi connectivity index (χ1v) is 11.0. The number of benzene rings is 3. The third-order valence-corrected chi connectivity index (χ3v) is 8.54. The third kappa shape index (κ3) is 5.10. The van der Waals surface area contributed by atoms with Gasteiger partial charge in [-0.25, -0.2) is 0 Å². The van der Waals surface area contributed by atoms with Crippen LogP contribution in [0.15, 0.2) is 91.0 Å². The van der Waals surface area contributed by atoms with E-state index in [-0.39, 0.29) is 22.4 Å². The van der Waals surface area contributed by atoms with E-state index in [1.165, 1.54) is 15.9 Å². The summed E-state index contributed by atoms with van der Waals surface area (Å²) < 4.78 is 0. The van der Waals surface area contributed by atoms with E-state index in [9.17, 15) is 0 Å². The van der Waals surface area contributed by atoms with Gasteiger partial charge in [0.1, 0.15) is 29.3 Å². The average molecular weight is 437 g/mol.